The zero-order valence-corrected chi connectivity index (χ0v) is 13.7. The maximum atomic E-state index is 12.7. The van der Waals surface area contributed by atoms with Crippen molar-refractivity contribution in [3.05, 3.63) is 16.6 Å². The van der Waals surface area contributed by atoms with Gasteiger partial charge in [0, 0.05) is 25.2 Å². The van der Waals surface area contributed by atoms with Crippen LogP contribution < -0.4 is 0 Å². The average molecular weight is 308 g/mol. The molecule has 21 heavy (non-hydrogen) atoms. The predicted molar refractivity (Wildman–Crippen MR) is 84.7 cm³/mol. The highest BCUT2D eigenvalue weighted by atomic mass is 32.1. The van der Waals surface area contributed by atoms with Crippen molar-refractivity contribution in [2.75, 3.05) is 46.8 Å². The Labute approximate surface area is 130 Å². The third-order valence-electron chi connectivity index (χ3n) is 5.06. The van der Waals surface area contributed by atoms with Crippen LogP contribution in [0.25, 0.3) is 0 Å². The van der Waals surface area contributed by atoms with E-state index in [4.69, 9.17) is 0 Å². The van der Waals surface area contributed by atoms with E-state index in [9.17, 15) is 4.79 Å². The third kappa shape index (κ3) is 2.98. The molecular weight excluding hydrogens is 284 g/mol. The number of nitrogens with zero attached hydrogens (tertiary/aromatic N) is 4. The van der Waals surface area contributed by atoms with Crippen molar-refractivity contribution in [1.82, 2.24) is 19.7 Å². The van der Waals surface area contributed by atoms with Crippen LogP contribution in [0.1, 0.15) is 28.9 Å². The van der Waals surface area contributed by atoms with Crippen LogP contribution in [-0.2, 0) is 0 Å². The summed E-state index contributed by atoms with van der Waals surface area (Å²) in [5, 5.41) is 0. The molecule has 0 saturated carbocycles. The fourth-order valence-corrected chi connectivity index (χ4v) is 4.10. The molecular formula is C15H24N4OS. The number of hydrogen-bond acceptors (Lipinski definition) is 5. The van der Waals surface area contributed by atoms with Crippen molar-refractivity contribution >= 4 is 17.2 Å². The number of likely N-dealkylation sites (tertiary alicyclic amines) is 1. The number of aromatic nitrogens is 1. The fourth-order valence-electron chi connectivity index (χ4n) is 3.52. The lowest BCUT2D eigenvalue weighted by Crippen LogP contribution is -2.58. The molecule has 0 aliphatic carbocycles. The van der Waals surface area contributed by atoms with Gasteiger partial charge in [0.05, 0.1) is 11.7 Å². The van der Waals surface area contributed by atoms with Gasteiger partial charge < -0.3 is 9.80 Å². The number of carbonyl (C=O) groups is 1. The SMILES string of the molecule is CN1CCC2(CC1)CN(C(=O)c1cncs1)CCCN2C. The zero-order valence-electron chi connectivity index (χ0n) is 12.9. The number of likely N-dealkylation sites (N-methyl/N-ethyl adjacent to an activating group) is 1. The molecule has 0 N–H and O–H groups in total. The molecule has 2 aliphatic heterocycles. The molecule has 0 aromatic carbocycles. The van der Waals surface area contributed by atoms with Gasteiger partial charge in [0.2, 0.25) is 0 Å². The number of thiazole rings is 1. The van der Waals surface area contributed by atoms with Gasteiger partial charge in [-0.1, -0.05) is 0 Å². The summed E-state index contributed by atoms with van der Waals surface area (Å²) in [6.45, 7) is 5.03. The van der Waals surface area contributed by atoms with Crippen LogP contribution in [0.15, 0.2) is 11.7 Å². The van der Waals surface area contributed by atoms with Crippen molar-refractivity contribution in [1.29, 1.82) is 0 Å². The molecule has 1 spiro atoms. The van der Waals surface area contributed by atoms with E-state index in [-0.39, 0.29) is 11.4 Å². The van der Waals surface area contributed by atoms with Crippen LogP contribution in [0.4, 0.5) is 0 Å². The first-order chi connectivity index (χ1) is 10.1. The van der Waals surface area contributed by atoms with Gasteiger partial charge in [0.25, 0.3) is 5.91 Å². The molecule has 1 amide bonds. The quantitative estimate of drug-likeness (QED) is 0.786. The predicted octanol–water partition coefficient (Wildman–Crippen LogP) is 1.39. The Morgan fingerprint density at radius 2 is 2.00 bits per heavy atom. The average Bonchev–Trinajstić information content (AvgIpc) is 2.97. The van der Waals surface area contributed by atoms with Gasteiger partial charge >= 0.3 is 0 Å². The Balaban J connectivity index is 1.79. The van der Waals surface area contributed by atoms with Crippen LogP contribution in [0.2, 0.25) is 0 Å². The van der Waals surface area contributed by atoms with E-state index in [1.54, 1.807) is 11.7 Å². The summed E-state index contributed by atoms with van der Waals surface area (Å²) < 4.78 is 0. The molecule has 1 aromatic rings. The standard InChI is InChI=1S/C15H24N4OS/c1-17-8-4-15(5-9-17)11-19(7-3-6-18(15)2)14(20)13-10-16-12-21-13/h10,12H,3-9,11H2,1-2H3. The van der Waals surface area contributed by atoms with E-state index >= 15 is 0 Å². The highest BCUT2D eigenvalue weighted by molar-refractivity contribution is 7.11. The number of carbonyl (C=O) groups excluding carboxylic acids is 1. The molecule has 2 saturated heterocycles. The van der Waals surface area contributed by atoms with Crippen LogP contribution >= 0.6 is 11.3 Å². The second kappa shape index (κ2) is 6.02. The molecule has 0 unspecified atom stereocenters. The molecule has 116 valence electrons. The van der Waals surface area contributed by atoms with Crippen molar-refractivity contribution in [3.8, 4) is 0 Å². The van der Waals surface area contributed by atoms with Crippen molar-refractivity contribution < 1.29 is 4.79 Å². The van der Waals surface area contributed by atoms with Gasteiger partial charge in [0.1, 0.15) is 4.88 Å². The minimum absolute atomic E-state index is 0.156. The van der Waals surface area contributed by atoms with E-state index in [0.717, 1.165) is 56.9 Å². The Morgan fingerprint density at radius 1 is 1.24 bits per heavy atom. The third-order valence-corrected chi connectivity index (χ3v) is 5.83. The number of rotatable bonds is 1. The highest BCUT2D eigenvalue weighted by Gasteiger charge is 2.41. The van der Waals surface area contributed by atoms with Crippen LogP contribution in [-0.4, -0.2) is 77.9 Å². The number of hydrogen-bond donors (Lipinski definition) is 0. The summed E-state index contributed by atoms with van der Waals surface area (Å²) in [5.74, 6) is 0.158. The molecule has 0 atom stereocenters. The molecule has 0 bridgehead atoms. The maximum absolute atomic E-state index is 12.7. The van der Waals surface area contributed by atoms with E-state index in [1.165, 1.54) is 11.3 Å². The van der Waals surface area contributed by atoms with E-state index in [1.807, 2.05) is 0 Å². The van der Waals surface area contributed by atoms with Crippen molar-refractivity contribution in [2.24, 2.45) is 0 Å². The lowest BCUT2D eigenvalue weighted by Gasteiger charge is -2.47. The van der Waals surface area contributed by atoms with E-state index < -0.39 is 0 Å². The smallest absolute Gasteiger partial charge is 0.265 e. The fraction of sp³-hybridized carbons (Fsp3) is 0.733. The summed E-state index contributed by atoms with van der Waals surface area (Å²) in [7, 11) is 4.41. The molecule has 5 nitrogen and oxygen atoms in total. The van der Waals surface area contributed by atoms with Crippen molar-refractivity contribution in [3.63, 3.8) is 0 Å². The minimum Gasteiger partial charge on any atom is -0.336 e. The lowest BCUT2D eigenvalue weighted by molar-refractivity contribution is 0.0318. The molecule has 3 heterocycles. The first-order valence-corrected chi connectivity index (χ1v) is 8.56. The van der Waals surface area contributed by atoms with Gasteiger partial charge in [-0.15, -0.1) is 11.3 Å². The van der Waals surface area contributed by atoms with E-state index in [0.29, 0.717) is 0 Å². The van der Waals surface area contributed by atoms with Gasteiger partial charge in [-0.2, -0.15) is 0 Å². The maximum Gasteiger partial charge on any atom is 0.265 e. The molecule has 1 aromatic heterocycles. The topological polar surface area (TPSA) is 39.7 Å². The Kier molecular flexibility index (Phi) is 4.28. The second-order valence-electron chi connectivity index (χ2n) is 6.40. The largest absolute Gasteiger partial charge is 0.336 e. The minimum atomic E-state index is 0.156. The highest BCUT2D eigenvalue weighted by Crippen LogP contribution is 2.31. The van der Waals surface area contributed by atoms with Crippen molar-refractivity contribution in [2.45, 2.75) is 24.8 Å². The second-order valence-corrected chi connectivity index (χ2v) is 7.28. The lowest BCUT2D eigenvalue weighted by atomic mass is 9.85. The Morgan fingerprint density at radius 3 is 2.67 bits per heavy atom. The first-order valence-electron chi connectivity index (χ1n) is 7.68. The van der Waals surface area contributed by atoms with Crippen LogP contribution in [0.3, 0.4) is 0 Å². The molecule has 2 aliphatic rings. The van der Waals surface area contributed by atoms with Crippen LogP contribution in [0.5, 0.6) is 0 Å². The Bertz CT molecular complexity index is 482. The monoisotopic (exact) mass is 308 g/mol. The Hall–Kier alpha value is -0.980. The van der Waals surface area contributed by atoms with Gasteiger partial charge in [-0.25, -0.2) is 0 Å². The molecule has 0 radical (unpaired) electrons. The summed E-state index contributed by atoms with van der Waals surface area (Å²) in [4.78, 5) is 24.4. The summed E-state index contributed by atoms with van der Waals surface area (Å²) >= 11 is 1.44. The molecule has 2 fully saturated rings. The van der Waals surface area contributed by atoms with Crippen LogP contribution in [0, 0.1) is 0 Å². The number of piperidine rings is 1. The summed E-state index contributed by atoms with van der Waals surface area (Å²) in [6.07, 6.45) is 5.04. The van der Waals surface area contributed by atoms with Gasteiger partial charge in [0.15, 0.2) is 0 Å². The van der Waals surface area contributed by atoms with E-state index in [2.05, 4.69) is 33.8 Å². The van der Waals surface area contributed by atoms with Gasteiger partial charge in [-0.05, 0) is 46.4 Å². The molecule has 3 rings (SSSR count). The number of amides is 1. The zero-order chi connectivity index (χ0) is 14.9. The molecule has 6 heteroatoms. The summed E-state index contributed by atoms with van der Waals surface area (Å²) in [6, 6.07) is 0. The normalized spacial score (nSPS) is 24.2. The van der Waals surface area contributed by atoms with Gasteiger partial charge in [-0.3, -0.25) is 14.7 Å². The summed E-state index contributed by atoms with van der Waals surface area (Å²) in [5.41, 5.74) is 1.89. The first kappa shape index (κ1) is 14.9.